The van der Waals surface area contributed by atoms with E-state index in [0.29, 0.717) is 17.4 Å². The van der Waals surface area contributed by atoms with Crippen molar-refractivity contribution in [1.29, 1.82) is 0 Å². The number of aromatic nitrogens is 2. The van der Waals surface area contributed by atoms with E-state index >= 15 is 0 Å². The van der Waals surface area contributed by atoms with Crippen LogP contribution in [0, 0.1) is 5.92 Å². The van der Waals surface area contributed by atoms with Gasteiger partial charge in [-0.15, -0.1) is 0 Å². The summed E-state index contributed by atoms with van der Waals surface area (Å²) < 4.78 is 27.2. The van der Waals surface area contributed by atoms with E-state index in [1.165, 1.54) is 24.3 Å². The molecule has 0 spiro atoms. The van der Waals surface area contributed by atoms with Gasteiger partial charge in [0.05, 0.1) is 4.90 Å². The molecule has 3 aromatic rings. The monoisotopic (exact) mass is 538 g/mol. The van der Waals surface area contributed by atoms with Crippen LogP contribution >= 0.6 is 0 Å². The summed E-state index contributed by atoms with van der Waals surface area (Å²) in [6, 6.07) is 14.8. The minimum absolute atomic E-state index is 0.0572. The molecule has 38 heavy (non-hydrogen) atoms. The van der Waals surface area contributed by atoms with Gasteiger partial charge in [0.15, 0.2) is 0 Å². The fourth-order valence-electron chi connectivity index (χ4n) is 4.20. The van der Waals surface area contributed by atoms with Gasteiger partial charge in [0.1, 0.15) is 6.04 Å². The minimum atomic E-state index is -4.06. The van der Waals surface area contributed by atoms with Crippen LogP contribution in [0.25, 0.3) is 0 Å². The maximum atomic E-state index is 12.8. The zero-order chi connectivity index (χ0) is 27.0. The molecule has 0 radical (unpaired) electrons. The number of benzene rings is 2. The number of carbonyl (C=O) groups excluding carboxylic acids is 1. The number of amides is 1. The Hall–Kier alpha value is -4.03. The summed E-state index contributed by atoms with van der Waals surface area (Å²) in [5, 5.41) is 15.3. The molecular formula is C26H30N6O5S. The molecular weight excluding hydrogens is 508 g/mol. The summed E-state index contributed by atoms with van der Waals surface area (Å²) in [4.78, 5) is 35.0. The predicted molar refractivity (Wildman–Crippen MR) is 142 cm³/mol. The Bertz CT molecular complexity index is 1330. The van der Waals surface area contributed by atoms with E-state index in [1.54, 1.807) is 42.7 Å². The number of carboxylic acid groups (broad SMARTS) is 1. The summed E-state index contributed by atoms with van der Waals surface area (Å²) in [5.74, 6) is -0.783. The van der Waals surface area contributed by atoms with E-state index in [9.17, 15) is 23.1 Å². The molecule has 0 saturated carbocycles. The largest absolute Gasteiger partial charge is 0.480 e. The second kappa shape index (κ2) is 12.5. The molecule has 0 aliphatic carbocycles. The third-order valence-electron chi connectivity index (χ3n) is 6.32. The first-order valence-electron chi connectivity index (χ1n) is 12.3. The number of carbonyl (C=O) groups is 2. The van der Waals surface area contributed by atoms with Crippen LogP contribution in [0.15, 0.2) is 78.0 Å². The molecule has 1 saturated heterocycles. The summed E-state index contributed by atoms with van der Waals surface area (Å²) >= 11 is 0. The van der Waals surface area contributed by atoms with Crippen LogP contribution in [0.1, 0.15) is 23.2 Å². The van der Waals surface area contributed by atoms with Gasteiger partial charge in [-0.3, -0.25) is 9.59 Å². The van der Waals surface area contributed by atoms with Crippen LogP contribution in [0.4, 0.5) is 11.6 Å². The highest BCUT2D eigenvalue weighted by atomic mass is 32.2. The topological polar surface area (TPSA) is 154 Å². The molecule has 2 heterocycles. The minimum Gasteiger partial charge on any atom is -0.480 e. The molecule has 4 N–H and O–H groups in total. The molecule has 1 amide bonds. The molecule has 4 rings (SSSR count). The Kier molecular flexibility index (Phi) is 8.87. The Balaban J connectivity index is 1.30. The smallest absolute Gasteiger partial charge is 0.323 e. The van der Waals surface area contributed by atoms with Crippen LogP contribution in [-0.2, 0) is 14.8 Å². The number of hydrogen-bond acceptors (Lipinski definition) is 8. The van der Waals surface area contributed by atoms with Crippen molar-refractivity contribution < 1.29 is 23.1 Å². The molecule has 200 valence electrons. The lowest BCUT2D eigenvalue weighted by atomic mass is 9.96. The number of piperidine rings is 1. The maximum absolute atomic E-state index is 12.8. The van der Waals surface area contributed by atoms with E-state index in [0.717, 1.165) is 38.2 Å². The van der Waals surface area contributed by atoms with Crippen molar-refractivity contribution in [1.82, 2.24) is 20.0 Å². The van der Waals surface area contributed by atoms with Gasteiger partial charge in [-0.2, -0.15) is 4.72 Å². The number of hydrogen-bond donors (Lipinski definition) is 4. The van der Waals surface area contributed by atoms with Gasteiger partial charge in [-0.25, -0.2) is 18.4 Å². The van der Waals surface area contributed by atoms with E-state index in [2.05, 4.69) is 30.2 Å². The van der Waals surface area contributed by atoms with Gasteiger partial charge in [-0.05, 0) is 55.2 Å². The van der Waals surface area contributed by atoms with Gasteiger partial charge in [0.25, 0.3) is 5.91 Å². The maximum Gasteiger partial charge on any atom is 0.323 e. The zero-order valence-electron chi connectivity index (χ0n) is 20.7. The molecule has 1 aliphatic heterocycles. The Labute approximate surface area is 221 Å². The molecule has 11 nitrogen and oxygen atoms in total. The molecule has 1 fully saturated rings. The Morgan fingerprint density at radius 2 is 1.71 bits per heavy atom. The first kappa shape index (κ1) is 27.0. The van der Waals surface area contributed by atoms with Crippen LogP contribution in [0.5, 0.6) is 0 Å². The molecule has 1 aliphatic rings. The molecule has 1 aromatic heterocycles. The number of anilines is 2. The highest BCUT2D eigenvalue weighted by Gasteiger charge is 2.26. The van der Waals surface area contributed by atoms with E-state index in [4.69, 9.17) is 0 Å². The highest BCUT2D eigenvalue weighted by molar-refractivity contribution is 7.89. The van der Waals surface area contributed by atoms with Gasteiger partial charge in [0, 0.05) is 49.8 Å². The Morgan fingerprint density at radius 1 is 1.00 bits per heavy atom. The lowest BCUT2D eigenvalue weighted by molar-refractivity contribution is -0.138. The van der Waals surface area contributed by atoms with Crippen molar-refractivity contribution in [2.24, 2.45) is 5.92 Å². The summed E-state index contributed by atoms with van der Waals surface area (Å²) in [6.45, 7) is 2.04. The first-order chi connectivity index (χ1) is 18.3. The third kappa shape index (κ3) is 7.26. The highest BCUT2D eigenvalue weighted by Crippen LogP contribution is 2.24. The third-order valence-corrected chi connectivity index (χ3v) is 7.81. The quantitative estimate of drug-likeness (QED) is 0.287. The first-order valence-corrected chi connectivity index (χ1v) is 13.7. The van der Waals surface area contributed by atoms with Crippen LogP contribution in [0.2, 0.25) is 0 Å². The lowest BCUT2D eigenvalue weighted by Gasteiger charge is -2.33. The predicted octanol–water partition coefficient (Wildman–Crippen LogP) is 1.97. The van der Waals surface area contributed by atoms with Gasteiger partial charge < -0.3 is 20.6 Å². The van der Waals surface area contributed by atoms with Crippen LogP contribution < -0.4 is 20.3 Å². The van der Waals surface area contributed by atoms with Crippen LogP contribution in [-0.4, -0.2) is 67.6 Å². The standard InChI is InChI=1S/C26H30N6O5S/c33-24(29-18-23(25(34)35)31-38(36,37)22-8-2-1-3-9-22)20-6-4-7-21(16-20)32-14-10-19(11-15-32)17-30-26-27-12-5-13-28-26/h1-9,12-13,16,19,23,31H,10-11,14-15,17-18H2,(H,29,33)(H,34,35)(H,27,28,30). The van der Waals surface area contributed by atoms with E-state index < -0.39 is 34.5 Å². The van der Waals surface area contributed by atoms with E-state index in [1.807, 2.05) is 6.07 Å². The number of nitrogens with one attached hydrogen (secondary N) is 3. The molecule has 0 bridgehead atoms. The lowest BCUT2D eigenvalue weighted by Crippen LogP contribution is -2.48. The van der Waals surface area contributed by atoms with E-state index in [-0.39, 0.29) is 4.90 Å². The number of carboxylic acids is 1. The van der Waals surface area contributed by atoms with Gasteiger partial charge >= 0.3 is 5.97 Å². The fourth-order valence-corrected chi connectivity index (χ4v) is 5.41. The SMILES string of the molecule is O=C(NCC(NS(=O)(=O)c1ccccc1)C(=O)O)c1cccc(N2CCC(CNc3ncccn3)CC2)c1. The average Bonchev–Trinajstić information content (AvgIpc) is 2.95. The molecule has 1 atom stereocenters. The molecule has 12 heteroatoms. The van der Waals surface area contributed by atoms with Crippen molar-refractivity contribution in [2.75, 3.05) is 36.4 Å². The zero-order valence-corrected chi connectivity index (χ0v) is 21.5. The molecule has 1 unspecified atom stereocenters. The number of rotatable bonds is 11. The van der Waals surface area contributed by atoms with Gasteiger partial charge in [0.2, 0.25) is 16.0 Å². The Morgan fingerprint density at radius 3 is 2.39 bits per heavy atom. The fraction of sp³-hybridized carbons (Fsp3) is 0.308. The van der Waals surface area contributed by atoms with Crippen molar-refractivity contribution >= 4 is 33.5 Å². The number of aliphatic carboxylic acids is 1. The second-order valence-corrected chi connectivity index (χ2v) is 10.7. The number of nitrogens with zero attached hydrogens (tertiary/aromatic N) is 3. The number of sulfonamides is 1. The van der Waals surface area contributed by atoms with Crippen molar-refractivity contribution in [2.45, 2.75) is 23.8 Å². The van der Waals surface area contributed by atoms with Crippen molar-refractivity contribution in [3.8, 4) is 0 Å². The second-order valence-electron chi connectivity index (χ2n) is 8.97. The van der Waals surface area contributed by atoms with Crippen LogP contribution in [0.3, 0.4) is 0 Å². The normalized spacial score (nSPS) is 15.0. The van der Waals surface area contributed by atoms with Crippen molar-refractivity contribution in [3.63, 3.8) is 0 Å². The van der Waals surface area contributed by atoms with Crippen molar-refractivity contribution in [3.05, 3.63) is 78.6 Å². The summed E-state index contributed by atoms with van der Waals surface area (Å²) in [6.07, 6.45) is 5.34. The summed E-state index contributed by atoms with van der Waals surface area (Å²) in [7, 11) is -4.06. The summed E-state index contributed by atoms with van der Waals surface area (Å²) in [5.41, 5.74) is 1.26. The van der Waals surface area contributed by atoms with Gasteiger partial charge in [-0.1, -0.05) is 24.3 Å². The molecule has 2 aromatic carbocycles. The average molecular weight is 539 g/mol.